The molecule has 0 amide bonds. The highest BCUT2D eigenvalue weighted by Crippen LogP contribution is 2.48. The van der Waals surface area contributed by atoms with Crippen molar-refractivity contribution in [1.29, 1.82) is 0 Å². The molecule has 17 heavy (non-hydrogen) atoms. The number of halogens is 1. The van der Waals surface area contributed by atoms with Gasteiger partial charge in [0.15, 0.2) is 0 Å². The standard InChI is InChI=1S/C15H22FN/c1-3-12-9-15(10-12,11-17-4-2)13-6-5-7-14(16)8-13/h5-8,12,17H,3-4,9-11H2,1-2H3. The van der Waals surface area contributed by atoms with Gasteiger partial charge in [0, 0.05) is 12.0 Å². The molecule has 1 aromatic carbocycles. The van der Waals surface area contributed by atoms with E-state index in [1.165, 1.54) is 30.9 Å². The largest absolute Gasteiger partial charge is 0.316 e. The number of benzene rings is 1. The van der Waals surface area contributed by atoms with Crippen molar-refractivity contribution < 1.29 is 4.39 Å². The summed E-state index contributed by atoms with van der Waals surface area (Å²) in [6.07, 6.45) is 3.63. The van der Waals surface area contributed by atoms with Crippen LogP contribution in [0, 0.1) is 11.7 Å². The lowest BCUT2D eigenvalue weighted by atomic mass is 9.58. The molecular weight excluding hydrogens is 213 g/mol. The van der Waals surface area contributed by atoms with E-state index in [2.05, 4.69) is 25.2 Å². The van der Waals surface area contributed by atoms with Gasteiger partial charge in [-0.2, -0.15) is 0 Å². The number of nitrogens with one attached hydrogen (secondary N) is 1. The molecule has 1 aliphatic carbocycles. The second-order valence-electron chi connectivity index (χ2n) is 5.25. The van der Waals surface area contributed by atoms with Crippen LogP contribution < -0.4 is 5.32 Å². The molecule has 0 saturated heterocycles. The van der Waals surface area contributed by atoms with Crippen LogP contribution in [0.1, 0.15) is 38.7 Å². The summed E-state index contributed by atoms with van der Waals surface area (Å²) in [5.74, 6) is 0.704. The van der Waals surface area contributed by atoms with Gasteiger partial charge in [-0.1, -0.05) is 32.4 Å². The minimum absolute atomic E-state index is 0.113. The number of hydrogen-bond acceptors (Lipinski definition) is 1. The van der Waals surface area contributed by atoms with Crippen molar-refractivity contribution in [3.63, 3.8) is 0 Å². The Morgan fingerprint density at radius 3 is 2.71 bits per heavy atom. The second-order valence-corrected chi connectivity index (χ2v) is 5.25. The lowest BCUT2D eigenvalue weighted by Gasteiger charge is -2.48. The highest BCUT2D eigenvalue weighted by atomic mass is 19.1. The predicted octanol–water partition coefficient (Wildman–Crippen LogP) is 3.49. The summed E-state index contributed by atoms with van der Waals surface area (Å²) >= 11 is 0. The second kappa shape index (κ2) is 5.18. The Hall–Kier alpha value is -0.890. The van der Waals surface area contributed by atoms with E-state index in [-0.39, 0.29) is 11.2 Å². The fourth-order valence-electron chi connectivity index (χ4n) is 3.00. The van der Waals surface area contributed by atoms with Crippen LogP contribution in [0.3, 0.4) is 0 Å². The molecule has 1 fully saturated rings. The Bertz CT molecular complexity index is 363. The molecule has 0 aromatic heterocycles. The SMILES string of the molecule is CCNCC1(c2cccc(F)c2)CC(CC)C1. The molecule has 1 N–H and O–H groups in total. The molecule has 0 atom stereocenters. The third kappa shape index (κ3) is 2.52. The third-order valence-electron chi connectivity index (χ3n) is 4.09. The molecule has 2 rings (SSSR count). The van der Waals surface area contributed by atoms with Crippen molar-refractivity contribution in [2.45, 2.75) is 38.5 Å². The maximum absolute atomic E-state index is 13.3. The van der Waals surface area contributed by atoms with Gasteiger partial charge in [0.1, 0.15) is 5.82 Å². The van der Waals surface area contributed by atoms with E-state index < -0.39 is 0 Å². The first-order chi connectivity index (χ1) is 8.20. The monoisotopic (exact) mass is 235 g/mol. The van der Waals surface area contributed by atoms with Crippen molar-refractivity contribution in [1.82, 2.24) is 5.32 Å². The van der Waals surface area contributed by atoms with Crippen molar-refractivity contribution in [3.8, 4) is 0 Å². The van der Waals surface area contributed by atoms with Gasteiger partial charge < -0.3 is 5.32 Å². The summed E-state index contributed by atoms with van der Waals surface area (Å²) in [4.78, 5) is 0. The zero-order chi connectivity index (χ0) is 12.3. The maximum Gasteiger partial charge on any atom is 0.123 e. The first kappa shape index (κ1) is 12.6. The van der Waals surface area contributed by atoms with Crippen molar-refractivity contribution in [2.75, 3.05) is 13.1 Å². The number of likely N-dealkylation sites (N-methyl/N-ethyl adjacent to an activating group) is 1. The van der Waals surface area contributed by atoms with E-state index in [0.29, 0.717) is 0 Å². The molecule has 94 valence electrons. The van der Waals surface area contributed by atoms with Crippen LogP contribution in [0.5, 0.6) is 0 Å². The zero-order valence-corrected chi connectivity index (χ0v) is 10.8. The summed E-state index contributed by atoms with van der Waals surface area (Å²) in [5, 5.41) is 3.43. The van der Waals surface area contributed by atoms with Gasteiger partial charge in [0.05, 0.1) is 0 Å². The predicted molar refractivity (Wildman–Crippen MR) is 69.6 cm³/mol. The summed E-state index contributed by atoms with van der Waals surface area (Å²) in [5.41, 5.74) is 1.35. The van der Waals surface area contributed by atoms with Gasteiger partial charge >= 0.3 is 0 Å². The molecule has 0 spiro atoms. The smallest absolute Gasteiger partial charge is 0.123 e. The van der Waals surface area contributed by atoms with Crippen molar-refractivity contribution >= 4 is 0 Å². The molecule has 0 aliphatic heterocycles. The minimum Gasteiger partial charge on any atom is -0.316 e. The lowest BCUT2D eigenvalue weighted by Crippen LogP contribution is -2.48. The molecule has 1 aliphatic rings. The Labute approximate surface area is 103 Å². The van der Waals surface area contributed by atoms with Crippen LogP contribution in [0.25, 0.3) is 0 Å². The summed E-state index contributed by atoms with van der Waals surface area (Å²) in [6, 6.07) is 7.15. The third-order valence-corrected chi connectivity index (χ3v) is 4.09. The van der Waals surface area contributed by atoms with E-state index in [1.807, 2.05) is 6.07 Å². The summed E-state index contributed by atoms with van der Waals surface area (Å²) in [6.45, 7) is 6.32. The molecule has 0 bridgehead atoms. The number of hydrogen-bond donors (Lipinski definition) is 1. The fourth-order valence-corrected chi connectivity index (χ4v) is 3.00. The first-order valence-electron chi connectivity index (χ1n) is 6.67. The summed E-state index contributed by atoms with van der Waals surface area (Å²) in [7, 11) is 0. The molecular formula is C15H22FN. The average Bonchev–Trinajstić information content (AvgIpc) is 2.28. The van der Waals surface area contributed by atoms with Crippen LogP contribution >= 0.6 is 0 Å². The van der Waals surface area contributed by atoms with Gasteiger partial charge in [0.2, 0.25) is 0 Å². The van der Waals surface area contributed by atoms with Crippen LogP contribution in [0.15, 0.2) is 24.3 Å². The first-order valence-corrected chi connectivity index (χ1v) is 6.67. The molecule has 0 heterocycles. The molecule has 0 unspecified atom stereocenters. The lowest BCUT2D eigenvalue weighted by molar-refractivity contribution is 0.134. The van der Waals surface area contributed by atoms with Crippen LogP contribution in [-0.4, -0.2) is 13.1 Å². The Morgan fingerprint density at radius 2 is 2.12 bits per heavy atom. The Kier molecular flexibility index (Phi) is 3.82. The zero-order valence-electron chi connectivity index (χ0n) is 10.8. The quantitative estimate of drug-likeness (QED) is 0.823. The van der Waals surface area contributed by atoms with E-state index >= 15 is 0 Å². The normalized spacial score (nSPS) is 27.8. The Balaban J connectivity index is 2.16. The van der Waals surface area contributed by atoms with E-state index in [0.717, 1.165) is 19.0 Å². The highest BCUT2D eigenvalue weighted by Gasteiger charge is 2.44. The topological polar surface area (TPSA) is 12.0 Å². The molecule has 2 heteroatoms. The van der Waals surface area contributed by atoms with E-state index in [1.54, 1.807) is 6.07 Å². The van der Waals surface area contributed by atoms with Crippen molar-refractivity contribution in [2.24, 2.45) is 5.92 Å². The number of rotatable bonds is 5. The van der Waals surface area contributed by atoms with Crippen molar-refractivity contribution in [3.05, 3.63) is 35.6 Å². The van der Waals surface area contributed by atoms with Gasteiger partial charge in [-0.15, -0.1) is 0 Å². The van der Waals surface area contributed by atoms with Crippen LogP contribution in [-0.2, 0) is 5.41 Å². The molecule has 1 aromatic rings. The molecule has 1 saturated carbocycles. The summed E-state index contributed by atoms with van der Waals surface area (Å²) < 4.78 is 13.3. The van der Waals surface area contributed by atoms with Gasteiger partial charge in [-0.25, -0.2) is 4.39 Å². The minimum atomic E-state index is -0.113. The average molecular weight is 235 g/mol. The molecule has 1 nitrogen and oxygen atoms in total. The maximum atomic E-state index is 13.3. The van der Waals surface area contributed by atoms with Gasteiger partial charge in [0.25, 0.3) is 0 Å². The van der Waals surface area contributed by atoms with Crippen LogP contribution in [0.2, 0.25) is 0 Å². The van der Waals surface area contributed by atoms with Crippen LogP contribution in [0.4, 0.5) is 4.39 Å². The van der Waals surface area contributed by atoms with Gasteiger partial charge in [-0.3, -0.25) is 0 Å². The Morgan fingerprint density at radius 1 is 1.35 bits per heavy atom. The highest BCUT2D eigenvalue weighted by molar-refractivity contribution is 5.30. The molecule has 0 radical (unpaired) electrons. The fraction of sp³-hybridized carbons (Fsp3) is 0.600. The van der Waals surface area contributed by atoms with Gasteiger partial charge in [-0.05, 0) is 43.0 Å². The van der Waals surface area contributed by atoms with E-state index in [4.69, 9.17) is 0 Å². The van der Waals surface area contributed by atoms with E-state index in [9.17, 15) is 4.39 Å².